The van der Waals surface area contributed by atoms with E-state index in [1.54, 1.807) is 36.4 Å². The summed E-state index contributed by atoms with van der Waals surface area (Å²) in [4.78, 5) is 12.7. The predicted octanol–water partition coefficient (Wildman–Crippen LogP) is 4.98. The Bertz CT molecular complexity index is 1320. The summed E-state index contributed by atoms with van der Waals surface area (Å²) in [5.74, 6) is -0.873. The zero-order valence-corrected chi connectivity index (χ0v) is 17.2. The lowest BCUT2D eigenvalue weighted by molar-refractivity contribution is -0.274. The number of hydrogen-bond donors (Lipinski definition) is 2. The first kappa shape index (κ1) is 21.5. The van der Waals surface area contributed by atoms with Gasteiger partial charge in [0.1, 0.15) is 11.5 Å². The van der Waals surface area contributed by atoms with Crippen LogP contribution in [0.5, 0.6) is 17.2 Å². The number of rotatable bonds is 4. The number of ether oxygens (including phenoxy) is 2. The molecule has 4 rings (SSSR count). The summed E-state index contributed by atoms with van der Waals surface area (Å²) in [6.45, 7) is 0. The maximum atomic E-state index is 12.7. The van der Waals surface area contributed by atoms with E-state index in [0.717, 1.165) is 18.4 Å². The molecule has 0 saturated carbocycles. The van der Waals surface area contributed by atoms with Crippen molar-refractivity contribution in [2.24, 2.45) is 0 Å². The minimum Gasteiger partial charge on any atom is -0.454 e. The highest BCUT2D eigenvalue weighted by Gasteiger charge is 2.32. The molecule has 0 radical (unpaired) electrons. The van der Waals surface area contributed by atoms with Crippen molar-refractivity contribution in [3.63, 3.8) is 0 Å². The maximum absolute atomic E-state index is 12.7. The Morgan fingerprint density at radius 2 is 1.72 bits per heavy atom. The van der Waals surface area contributed by atoms with Gasteiger partial charge >= 0.3 is 6.36 Å². The summed E-state index contributed by atoms with van der Waals surface area (Å²) in [5, 5.41) is 2.60. The Hall–Kier alpha value is -3.73. The third-order valence-electron chi connectivity index (χ3n) is 4.38. The molecule has 1 heterocycles. The van der Waals surface area contributed by atoms with Crippen LogP contribution in [0.15, 0.2) is 60.7 Å². The molecule has 0 bridgehead atoms. The quantitative estimate of drug-likeness (QED) is 0.568. The lowest BCUT2D eigenvalue weighted by Crippen LogP contribution is -2.17. The molecule has 0 unspecified atom stereocenters. The number of carbonyl (C=O) groups is 1. The van der Waals surface area contributed by atoms with Crippen molar-refractivity contribution in [3.05, 3.63) is 66.2 Å². The second-order valence-electron chi connectivity index (χ2n) is 6.93. The highest BCUT2D eigenvalue weighted by Crippen LogP contribution is 2.40. The van der Waals surface area contributed by atoms with Crippen LogP contribution in [0.2, 0.25) is 0 Å². The second kappa shape index (κ2) is 7.75. The zero-order valence-electron chi connectivity index (χ0n) is 16.4. The average molecular weight is 464 g/mol. The van der Waals surface area contributed by atoms with Crippen molar-refractivity contribution >= 4 is 27.3 Å². The van der Waals surface area contributed by atoms with Gasteiger partial charge in [-0.15, -0.1) is 13.2 Å². The van der Waals surface area contributed by atoms with Crippen molar-refractivity contribution in [1.29, 1.82) is 0 Å². The number of nitrogens with one attached hydrogen (secondary N) is 2. The number of benzene rings is 3. The van der Waals surface area contributed by atoms with E-state index in [9.17, 15) is 26.4 Å². The van der Waals surface area contributed by atoms with Crippen LogP contribution >= 0.6 is 0 Å². The molecule has 0 saturated heterocycles. The van der Waals surface area contributed by atoms with Crippen molar-refractivity contribution in [2.45, 2.75) is 6.36 Å². The number of fused-ring (bicyclic) bond motifs is 2. The number of sulfonamides is 1. The minimum atomic E-state index is -4.87. The lowest BCUT2D eigenvalue weighted by atomic mass is 10.0. The highest BCUT2D eigenvalue weighted by atomic mass is 32.2. The summed E-state index contributed by atoms with van der Waals surface area (Å²) in [7, 11) is -3.46. The van der Waals surface area contributed by atoms with Crippen LogP contribution in [0.3, 0.4) is 0 Å². The van der Waals surface area contributed by atoms with Gasteiger partial charge in [-0.3, -0.25) is 9.52 Å². The van der Waals surface area contributed by atoms with Gasteiger partial charge in [0.15, 0.2) is 5.75 Å². The number of anilines is 2. The molecular weight excluding hydrogens is 449 g/mol. The molecule has 0 spiro atoms. The van der Waals surface area contributed by atoms with Gasteiger partial charge in [0.05, 0.1) is 17.5 Å². The van der Waals surface area contributed by atoms with E-state index in [4.69, 9.17) is 4.74 Å². The van der Waals surface area contributed by atoms with E-state index in [0.29, 0.717) is 16.8 Å². The summed E-state index contributed by atoms with van der Waals surface area (Å²) in [5.41, 5.74) is 1.92. The van der Waals surface area contributed by atoms with Gasteiger partial charge in [0, 0.05) is 11.8 Å². The van der Waals surface area contributed by atoms with Gasteiger partial charge in [-0.25, -0.2) is 8.42 Å². The monoisotopic (exact) mass is 464 g/mol. The van der Waals surface area contributed by atoms with Crippen LogP contribution in [0, 0.1) is 0 Å². The lowest BCUT2D eigenvalue weighted by Gasteiger charge is -2.12. The van der Waals surface area contributed by atoms with E-state index in [-0.39, 0.29) is 22.7 Å². The fraction of sp³-hybridized carbons (Fsp3) is 0.0952. The first-order valence-electron chi connectivity index (χ1n) is 9.08. The summed E-state index contributed by atoms with van der Waals surface area (Å²) in [6, 6.07) is 14.6. The van der Waals surface area contributed by atoms with Crippen molar-refractivity contribution in [2.75, 3.05) is 16.3 Å². The second-order valence-corrected chi connectivity index (χ2v) is 8.68. The maximum Gasteiger partial charge on any atom is 0.573 e. The Labute approximate surface area is 180 Å². The highest BCUT2D eigenvalue weighted by molar-refractivity contribution is 7.92. The molecule has 1 aliphatic heterocycles. The van der Waals surface area contributed by atoms with Gasteiger partial charge in [-0.1, -0.05) is 18.2 Å². The standard InChI is InChI=1S/C21H15F3N2O5S/c1-32(28,29)26-14-4-2-3-12(9-14)13-5-8-18-16(10-13)20(27)25-17-7-6-15(11-19(17)30-18)31-21(22,23)24/h2-11,26H,1H3,(H,25,27). The van der Waals surface area contributed by atoms with Gasteiger partial charge in [0.25, 0.3) is 5.91 Å². The van der Waals surface area contributed by atoms with Crippen molar-refractivity contribution in [1.82, 2.24) is 0 Å². The van der Waals surface area contributed by atoms with E-state index < -0.39 is 28.0 Å². The average Bonchev–Trinajstić information content (AvgIpc) is 2.81. The topological polar surface area (TPSA) is 93.7 Å². The fourth-order valence-corrected chi connectivity index (χ4v) is 3.70. The van der Waals surface area contributed by atoms with E-state index in [1.807, 2.05) is 0 Å². The molecule has 7 nitrogen and oxygen atoms in total. The summed E-state index contributed by atoms with van der Waals surface area (Å²) in [6.07, 6.45) is -3.83. The molecule has 3 aromatic carbocycles. The van der Waals surface area contributed by atoms with Gasteiger partial charge in [0.2, 0.25) is 10.0 Å². The first-order chi connectivity index (χ1) is 15.0. The van der Waals surface area contributed by atoms with Crippen LogP contribution in [-0.4, -0.2) is 26.9 Å². The molecular formula is C21H15F3N2O5S. The fourth-order valence-electron chi connectivity index (χ4n) is 3.15. The van der Waals surface area contributed by atoms with E-state index in [1.165, 1.54) is 12.1 Å². The van der Waals surface area contributed by atoms with E-state index in [2.05, 4.69) is 14.8 Å². The molecule has 0 atom stereocenters. The third kappa shape index (κ3) is 4.94. The smallest absolute Gasteiger partial charge is 0.454 e. The number of hydrogen-bond acceptors (Lipinski definition) is 5. The molecule has 166 valence electrons. The van der Waals surface area contributed by atoms with Crippen LogP contribution in [-0.2, 0) is 10.0 Å². The van der Waals surface area contributed by atoms with Crippen LogP contribution in [0.25, 0.3) is 11.1 Å². The van der Waals surface area contributed by atoms with Crippen molar-refractivity contribution in [3.8, 4) is 28.4 Å². The van der Waals surface area contributed by atoms with Gasteiger partial charge in [-0.2, -0.15) is 0 Å². The van der Waals surface area contributed by atoms with Gasteiger partial charge < -0.3 is 14.8 Å². The third-order valence-corrected chi connectivity index (χ3v) is 4.98. The van der Waals surface area contributed by atoms with Crippen LogP contribution in [0.1, 0.15) is 10.4 Å². The molecule has 0 aromatic heterocycles. The number of amides is 1. The zero-order chi connectivity index (χ0) is 23.1. The molecule has 1 amide bonds. The SMILES string of the molecule is CS(=O)(=O)Nc1cccc(-c2ccc3c(c2)C(=O)Nc2ccc(OC(F)(F)F)cc2O3)c1. The molecule has 0 aliphatic carbocycles. The largest absolute Gasteiger partial charge is 0.573 e. The first-order valence-corrected chi connectivity index (χ1v) is 11.0. The number of halogens is 3. The Morgan fingerprint density at radius 1 is 0.969 bits per heavy atom. The van der Waals surface area contributed by atoms with Crippen LogP contribution < -0.4 is 19.5 Å². The normalized spacial score (nSPS) is 13.2. The van der Waals surface area contributed by atoms with Gasteiger partial charge in [-0.05, 0) is 47.5 Å². The molecule has 32 heavy (non-hydrogen) atoms. The Balaban J connectivity index is 1.68. The number of alkyl halides is 3. The van der Waals surface area contributed by atoms with Crippen LogP contribution in [0.4, 0.5) is 24.5 Å². The predicted molar refractivity (Wildman–Crippen MR) is 111 cm³/mol. The molecule has 3 aromatic rings. The van der Waals surface area contributed by atoms with Crippen molar-refractivity contribution < 1.29 is 35.9 Å². The summed E-state index contributed by atoms with van der Waals surface area (Å²) < 4.78 is 72.5. The number of carbonyl (C=O) groups excluding carboxylic acids is 1. The molecule has 1 aliphatic rings. The Kier molecular flexibility index (Phi) is 5.21. The Morgan fingerprint density at radius 3 is 2.44 bits per heavy atom. The molecule has 2 N–H and O–H groups in total. The van der Waals surface area contributed by atoms with E-state index >= 15 is 0 Å². The molecule has 0 fully saturated rings. The minimum absolute atomic E-state index is 0.00838. The summed E-state index contributed by atoms with van der Waals surface area (Å²) >= 11 is 0. The molecule has 11 heteroatoms.